The molecule has 138 valence electrons. The molecule has 0 radical (unpaired) electrons. The molecule has 0 bridgehead atoms. The van der Waals surface area contributed by atoms with Crippen molar-refractivity contribution in [1.29, 1.82) is 0 Å². The van der Waals surface area contributed by atoms with Gasteiger partial charge < -0.3 is 14.8 Å². The van der Waals surface area contributed by atoms with E-state index in [1.165, 1.54) is 0 Å². The fourth-order valence-corrected chi connectivity index (χ4v) is 4.50. The van der Waals surface area contributed by atoms with Crippen LogP contribution in [0.5, 0.6) is 0 Å². The Bertz CT molecular complexity index is 830. The first-order chi connectivity index (χ1) is 12.6. The smallest absolute Gasteiger partial charge is 0.253 e. The Morgan fingerprint density at radius 1 is 1.19 bits per heavy atom. The third-order valence-electron chi connectivity index (χ3n) is 4.96. The van der Waals surface area contributed by atoms with Gasteiger partial charge in [-0.15, -0.1) is 11.8 Å². The van der Waals surface area contributed by atoms with Gasteiger partial charge in [0.1, 0.15) is 5.82 Å². The number of aromatic nitrogens is 2. The zero-order valence-corrected chi connectivity index (χ0v) is 15.6. The fourth-order valence-electron chi connectivity index (χ4n) is 3.57. The van der Waals surface area contributed by atoms with Crippen LogP contribution in [0.3, 0.4) is 0 Å². The van der Waals surface area contributed by atoms with Gasteiger partial charge in [0, 0.05) is 43.4 Å². The third-order valence-corrected chi connectivity index (χ3v) is 5.90. The van der Waals surface area contributed by atoms with Gasteiger partial charge in [0.05, 0.1) is 17.1 Å². The monoisotopic (exact) mass is 373 g/mol. The number of H-pyrrole nitrogens is 1. The normalized spacial score (nSPS) is 21.2. The van der Waals surface area contributed by atoms with Gasteiger partial charge in [-0.2, -0.15) is 0 Å². The second kappa shape index (κ2) is 7.28. The number of rotatable bonds is 2. The molecule has 0 aliphatic carbocycles. The second-order valence-corrected chi connectivity index (χ2v) is 7.83. The van der Waals surface area contributed by atoms with E-state index in [1.807, 2.05) is 34.9 Å². The number of nitrogens with one attached hydrogen (secondary N) is 2. The molecule has 2 aliphatic rings. The molecule has 2 N–H and O–H groups in total. The van der Waals surface area contributed by atoms with Crippen molar-refractivity contribution in [2.24, 2.45) is 0 Å². The summed E-state index contributed by atoms with van der Waals surface area (Å²) in [6, 6.07) is 5.50. The van der Waals surface area contributed by atoms with Gasteiger partial charge in [-0.05, 0) is 31.5 Å². The van der Waals surface area contributed by atoms with E-state index in [0.29, 0.717) is 31.7 Å². The highest BCUT2D eigenvalue weighted by atomic mass is 32.2. The topological polar surface area (TPSA) is 81.3 Å². The molecular weight excluding hydrogens is 350 g/mol. The lowest BCUT2D eigenvalue weighted by atomic mass is 10.1. The van der Waals surface area contributed by atoms with Crippen LogP contribution in [0.1, 0.15) is 22.6 Å². The number of carbonyl (C=O) groups excluding carboxylic acids is 2. The van der Waals surface area contributed by atoms with Crippen molar-refractivity contribution in [3.63, 3.8) is 0 Å². The Morgan fingerprint density at radius 3 is 2.81 bits per heavy atom. The number of fused-ring (bicyclic) bond motifs is 1. The molecule has 2 amide bonds. The summed E-state index contributed by atoms with van der Waals surface area (Å²) in [7, 11) is 0. The number of aryl methyl sites for hydroxylation is 1. The second-order valence-electron chi connectivity index (χ2n) is 6.80. The largest absolute Gasteiger partial charge is 0.342 e. The standard InChI is InChI=1S/C18H23N5O2S/c1-12-20-14-4-3-13(9-15(14)21-12)17(24)22-5-2-6-23(8-7-22)18(25)16-10-26-11-19-16/h3-4,9,16,19H,2,5-8,10-11H2,1H3,(H,20,21). The van der Waals surface area contributed by atoms with E-state index in [1.54, 1.807) is 11.8 Å². The molecule has 2 fully saturated rings. The predicted molar refractivity (Wildman–Crippen MR) is 102 cm³/mol. The average molecular weight is 373 g/mol. The number of thioether (sulfide) groups is 1. The molecule has 8 heteroatoms. The molecule has 7 nitrogen and oxygen atoms in total. The number of nitrogens with zero attached hydrogens (tertiary/aromatic N) is 3. The van der Waals surface area contributed by atoms with Crippen LogP contribution in [0.2, 0.25) is 0 Å². The van der Waals surface area contributed by atoms with Crippen molar-refractivity contribution >= 4 is 34.6 Å². The SMILES string of the molecule is Cc1nc2ccc(C(=O)N3CCCN(C(=O)C4CSCN4)CC3)cc2[nH]1. The Kier molecular flexibility index (Phi) is 4.86. The molecule has 2 aromatic rings. The van der Waals surface area contributed by atoms with Gasteiger partial charge in [0.2, 0.25) is 5.91 Å². The molecule has 3 heterocycles. The van der Waals surface area contributed by atoms with E-state index >= 15 is 0 Å². The molecule has 26 heavy (non-hydrogen) atoms. The number of benzene rings is 1. The fraction of sp³-hybridized carbons (Fsp3) is 0.500. The lowest BCUT2D eigenvalue weighted by molar-refractivity contribution is -0.132. The molecule has 2 aliphatic heterocycles. The minimum atomic E-state index is -0.0757. The molecule has 1 aromatic heterocycles. The van der Waals surface area contributed by atoms with E-state index in [-0.39, 0.29) is 17.9 Å². The first kappa shape index (κ1) is 17.4. The summed E-state index contributed by atoms with van der Waals surface area (Å²) in [5.74, 6) is 2.69. The summed E-state index contributed by atoms with van der Waals surface area (Å²) in [6.45, 7) is 4.46. The lowest BCUT2D eigenvalue weighted by Crippen LogP contribution is -2.46. The molecule has 1 aromatic carbocycles. The first-order valence-electron chi connectivity index (χ1n) is 8.97. The van der Waals surface area contributed by atoms with Crippen LogP contribution in [-0.2, 0) is 4.79 Å². The van der Waals surface area contributed by atoms with Gasteiger partial charge in [0.15, 0.2) is 0 Å². The third kappa shape index (κ3) is 3.43. The molecule has 2 saturated heterocycles. The van der Waals surface area contributed by atoms with Crippen LogP contribution in [0, 0.1) is 6.92 Å². The highest BCUT2D eigenvalue weighted by Crippen LogP contribution is 2.17. The highest BCUT2D eigenvalue weighted by molar-refractivity contribution is 7.99. The highest BCUT2D eigenvalue weighted by Gasteiger charge is 2.29. The van der Waals surface area contributed by atoms with Crippen LogP contribution in [0.4, 0.5) is 0 Å². The van der Waals surface area contributed by atoms with Crippen molar-refractivity contribution in [1.82, 2.24) is 25.1 Å². The van der Waals surface area contributed by atoms with Crippen LogP contribution in [0.15, 0.2) is 18.2 Å². The number of hydrogen-bond donors (Lipinski definition) is 2. The maximum absolute atomic E-state index is 12.9. The zero-order valence-electron chi connectivity index (χ0n) is 14.8. The average Bonchev–Trinajstić information content (AvgIpc) is 3.23. The van der Waals surface area contributed by atoms with E-state index in [2.05, 4.69) is 15.3 Å². The molecule has 4 rings (SSSR count). The van der Waals surface area contributed by atoms with E-state index < -0.39 is 0 Å². The summed E-state index contributed by atoms with van der Waals surface area (Å²) >= 11 is 1.75. The quantitative estimate of drug-likeness (QED) is 0.827. The van der Waals surface area contributed by atoms with Crippen LogP contribution < -0.4 is 5.32 Å². The lowest BCUT2D eigenvalue weighted by Gasteiger charge is -2.24. The number of carbonyl (C=O) groups is 2. The Morgan fingerprint density at radius 2 is 2.00 bits per heavy atom. The minimum Gasteiger partial charge on any atom is -0.342 e. The van der Waals surface area contributed by atoms with E-state index in [4.69, 9.17) is 0 Å². The maximum atomic E-state index is 12.9. The van der Waals surface area contributed by atoms with Crippen molar-refractivity contribution in [3.8, 4) is 0 Å². The van der Waals surface area contributed by atoms with Crippen molar-refractivity contribution in [3.05, 3.63) is 29.6 Å². The van der Waals surface area contributed by atoms with Crippen molar-refractivity contribution in [2.75, 3.05) is 37.8 Å². The molecule has 0 saturated carbocycles. The predicted octanol–water partition coefficient (Wildman–Crippen LogP) is 1.21. The maximum Gasteiger partial charge on any atom is 0.253 e. The summed E-state index contributed by atoms with van der Waals surface area (Å²) in [6.07, 6.45) is 0.808. The Hall–Kier alpha value is -2.06. The van der Waals surface area contributed by atoms with Gasteiger partial charge in [0.25, 0.3) is 5.91 Å². The van der Waals surface area contributed by atoms with E-state index in [9.17, 15) is 9.59 Å². The number of amides is 2. The summed E-state index contributed by atoms with van der Waals surface area (Å²) in [5.41, 5.74) is 2.41. The van der Waals surface area contributed by atoms with Crippen molar-refractivity contribution in [2.45, 2.75) is 19.4 Å². The number of hydrogen-bond acceptors (Lipinski definition) is 5. The van der Waals surface area contributed by atoms with Gasteiger partial charge in [-0.3, -0.25) is 14.9 Å². The molecular formula is C18H23N5O2S. The van der Waals surface area contributed by atoms with E-state index in [0.717, 1.165) is 34.9 Å². The van der Waals surface area contributed by atoms with Gasteiger partial charge in [-0.25, -0.2) is 4.98 Å². The van der Waals surface area contributed by atoms with Crippen LogP contribution in [0.25, 0.3) is 11.0 Å². The zero-order chi connectivity index (χ0) is 18.1. The summed E-state index contributed by atoms with van der Waals surface area (Å²) in [4.78, 5) is 36.8. The van der Waals surface area contributed by atoms with Crippen LogP contribution >= 0.6 is 11.8 Å². The number of imidazole rings is 1. The van der Waals surface area contributed by atoms with Gasteiger partial charge in [-0.1, -0.05) is 0 Å². The number of aromatic amines is 1. The molecule has 1 atom stereocenters. The van der Waals surface area contributed by atoms with Gasteiger partial charge >= 0.3 is 0 Å². The molecule has 1 unspecified atom stereocenters. The summed E-state index contributed by atoms with van der Waals surface area (Å²) < 4.78 is 0. The minimum absolute atomic E-state index is 0.0167. The summed E-state index contributed by atoms with van der Waals surface area (Å²) in [5, 5.41) is 3.23. The Labute approximate surface area is 156 Å². The Balaban J connectivity index is 1.44. The van der Waals surface area contributed by atoms with Crippen molar-refractivity contribution < 1.29 is 9.59 Å². The molecule has 0 spiro atoms. The first-order valence-corrected chi connectivity index (χ1v) is 10.1. The van der Waals surface area contributed by atoms with Crippen LogP contribution in [-0.4, -0.2) is 75.4 Å².